The van der Waals surface area contributed by atoms with E-state index >= 15 is 0 Å². The van der Waals surface area contributed by atoms with Crippen molar-refractivity contribution in [1.29, 1.82) is 0 Å². The Hall–Kier alpha value is -1.95. The second kappa shape index (κ2) is 4.05. The van der Waals surface area contributed by atoms with Crippen molar-refractivity contribution >= 4 is 6.09 Å². The number of cyclic esters (lactones) is 1. The summed E-state index contributed by atoms with van der Waals surface area (Å²) in [6.45, 7) is 2.33. The van der Waals surface area contributed by atoms with Gasteiger partial charge in [-0.2, -0.15) is 0 Å². The molecule has 0 unspecified atom stereocenters. The molecule has 1 aromatic carbocycles. The molecule has 0 radical (unpaired) electrons. The summed E-state index contributed by atoms with van der Waals surface area (Å²) in [4.78, 5) is 12.6. The van der Waals surface area contributed by atoms with E-state index in [1.54, 1.807) is 0 Å². The summed E-state index contributed by atoms with van der Waals surface area (Å²) in [5, 5.41) is 0. The Morgan fingerprint density at radius 1 is 1.40 bits per heavy atom. The van der Waals surface area contributed by atoms with Gasteiger partial charge in [0.05, 0.1) is 6.04 Å². The zero-order valence-electron chi connectivity index (χ0n) is 8.43. The minimum absolute atomic E-state index is 0.0358. The molecule has 3 heteroatoms. The molecule has 2 rings (SSSR count). The first kappa shape index (κ1) is 9.60. The van der Waals surface area contributed by atoms with Gasteiger partial charge >= 0.3 is 6.09 Å². The van der Waals surface area contributed by atoms with E-state index < -0.39 is 0 Å². The van der Waals surface area contributed by atoms with Crippen LogP contribution in [0.2, 0.25) is 0 Å². The highest BCUT2D eigenvalue weighted by Crippen LogP contribution is 2.09. The molecule has 1 amide bonds. The van der Waals surface area contributed by atoms with Crippen LogP contribution >= 0.6 is 0 Å². The molecule has 1 fully saturated rings. The summed E-state index contributed by atoms with van der Waals surface area (Å²) in [6, 6.07) is 12.4. The monoisotopic (exact) mass is 201 g/mol. The zero-order valence-corrected chi connectivity index (χ0v) is 8.43. The minimum Gasteiger partial charge on any atom is -0.446 e. The van der Waals surface area contributed by atoms with Crippen LogP contribution in [0.1, 0.15) is 12.5 Å². The molecule has 0 aliphatic carbocycles. The SMILES string of the molecule is C[C@H]1COC(=O)N1C#Cc1ccccc1. The van der Waals surface area contributed by atoms with E-state index in [0.717, 1.165) is 5.56 Å². The van der Waals surface area contributed by atoms with Gasteiger partial charge in [0.25, 0.3) is 0 Å². The molecule has 76 valence electrons. The Morgan fingerprint density at radius 3 is 2.73 bits per heavy atom. The van der Waals surface area contributed by atoms with Gasteiger partial charge in [-0.25, -0.2) is 9.69 Å². The summed E-state index contributed by atoms with van der Waals surface area (Å²) in [7, 11) is 0. The molecular weight excluding hydrogens is 190 g/mol. The van der Waals surface area contributed by atoms with Gasteiger partial charge in [-0.1, -0.05) is 18.2 Å². The molecule has 1 heterocycles. The Bertz CT molecular complexity index is 416. The number of carbonyl (C=O) groups excluding carboxylic acids is 1. The van der Waals surface area contributed by atoms with E-state index in [4.69, 9.17) is 4.74 Å². The number of rotatable bonds is 0. The third kappa shape index (κ3) is 2.10. The lowest BCUT2D eigenvalue weighted by Crippen LogP contribution is -2.25. The minimum atomic E-state index is -0.356. The first-order valence-electron chi connectivity index (χ1n) is 4.80. The van der Waals surface area contributed by atoms with Crippen molar-refractivity contribution in [2.75, 3.05) is 6.61 Å². The van der Waals surface area contributed by atoms with Gasteiger partial charge in [0.1, 0.15) is 6.61 Å². The predicted octanol–water partition coefficient (Wildman–Crippen LogP) is 1.84. The topological polar surface area (TPSA) is 29.5 Å². The third-order valence-corrected chi connectivity index (χ3v) is 2.18. The van der Waals surface area contributed by atoms with Gasteiger partial charge < -0.3 is 4.74 Å². The summed E-state index contributed by atoms with van der Waals surface area (Å²) in [6.07, 6.45) is -0.356. The molecule has 0 saturated carbocycles. The maximum atomic E-state index is 11.2. The van der Waals surface area contributed by atoms with Gasteiger partial charge in [-0.3, -0.25) is 0 Å². The fraction of sp³-hybridized carbons (Fsp3) is 0.250. The highest BCUT2D eigenvalue weighted by atomic mass is 16.6. The second-order valence-electron chi connectivity index (χ2n) is 3.40. The number of hydrogen-bond acceptors (Lipinski definition) is 2. The van der Waals surface area contributed by atoms with Crippen LogP contribution in [-0.2, 0) is 4.74 Å². The Balaban J connectivity index is 2.15. The first-order valence-corrected chi connectivity index (χ1v) is 4.80. The Kier molecular flexibility index (Phi) is 2.59. The average molecular weight is 201 g/mol. The Labute approximate surface area is 88.6 Å². The molecule has 1 saturated heterocycles. The van der Waals surface area contributed by atoms with Crippen molar-refractivity contribution in [2.45, 2.75) is 13.0 Å². The molecule has 0 bridgehead atoms. The lowest BCUT2D eigenvalue weighted by Gasteiger charge is -2.07. The number of hydrogen-bond donors (Lipinski definition) is 0. The lowest BCUT2D eigenvalue weighted by molar-refractivity contribution is 0.167. The van der Waals surface area contributed by atoms with Crippen molar-refractivity contribution in [3.05, 3.63) is 35.9 Å². The maximum Gasteiger partial charge on any atom is 0.422 e. The molecule has 1 atom stereocenters. The summed E-state index contributed by atoms with van der Waals surface area (Å²) in [5.41, 5.74) is 0.893. The van der Waals surface area contributed by atoms with Crippen LogP contribution in [0.15, 0.2) is 30.3 Å². The van der Waals surface area contributed by atoms with Crippen LogP contribution in [0.5, 0.6) is 0 Å². The second-order valence-corrected chi connectivity index (χ2v) is 3.40. The predicted molar refractivity (Wildman–Crippen MR) is 56.0 cm³/mol. The highest BCUT2D eigenvalue weighted by Gasteiger charge is 2.27. The molecule has 15 heavy (non-hydrogen) atoms. The van der Waals surface area contributed by atoms with Crippen LogP contribution in [0, 0.1) is 12.0 Å². The standard InChI is InChI=1S/C12H11NO2/c1-10-9-15-12(14)13(10)8-7-11-5-3-2-4-6-11/h2-6,10H,9H2,1H3/t10-/m0/s1. The smallest absolute Gasteiger partial charge is 0.422 e. The van der Waals surface area contributed by atoms with Crippen LogP contribution in [0.4, 0.5) is 4.79 Å². The first-order chi connectivity index (χ1) is 7.27. The summed E-state index contributed by atoms with van der Waals surface area (Å²) >= 11 is 0. The molecule has 0 spiro atoms. The number of amides is 1. The molecule has 1 aliphatic rings. The van der Waals surface area contributed by atoms with Crippen molar-refractivity contribution < 1.29 is 9.53 Å². The summed E-state index contributed by atoms with van der Waals surface area (Å²) in [5.74, 6) is 2.92. The summed E-state index contributed by atoms with van der Waals surface area (Å²) < 4.78 is 4.85. The van der Waals surface area contributed by atoms with Crippen LogP contribution in [-0.4, -0.2) is 23.6 Å². The maximum absolute atomic E-state index is 11.2. The largest absolute Gasteiger partial charge is 0.446 e. The average Bonchev–Trinajstić information content (AvgIpc) is 2.58. The molecular formula is C12H11NO2. The van der Waals surface area contributed by atoms with E-state index in [-0.39, 0.29) is 12.1 Å². The highest BCUT2D eigenvalue weighted by molar-refractivity contribution is 5.72. The van der Waals surface area contributed by atoms with Crippen molar-refractivity contribution in [2.24, 2.45) is 0 Å². The van der Waals surface area contributed by atoms with Crippen LogP contribution in [0.25, 0.3) is 0 Å². The van der Waals surface area contributed by atoms with Crippen molar-refractivity contribution in [3.63, 3.8) is 0 Å². The molecule has 0 N–H and O–H groups in total. The number of ether oxygens (including phenoxy) is 1. The van der Waals surface area contributed by atoms with Gasteiger partial charge in [0.2, 0.25) is 0 Å². The van der Waals surface area contributed by atoms with E-state index in [1.807, 2.05) is 37.3 Å². The van der Waals surface area contributed by atoms with Crippen LogP contribution in [0.3, 0.4) is 0 Å². The van der Waals surface area contributed by atoms with Crippen LogP contribution < -0.4 is 0 Å². The van der Waals surface area contributed by atoms with E-state index in [9.17, 15) is 4.79 Å². The fourth-order valence-corrected chi connectivity index (χ4v) is 1.32. The van der Waals surface area contributed by atoms with E-state index in [0.29, 0.717) is 6.61 Å². The molecule has 0 aromatic heterocycles. The fourth-order valence-electron chi connectivity index (χ4n) is 1.32. The quantitative estimate of drug-likeness (QED) is 0.599. The van der Waals surface area contributed by atoms with E-state index in [2.05, 4.69) is 12.0 Å². The van der Waals surface area contributed by atoms with Gasteiger partial charge in [-0.05, 0) is 25.0 Å². The zero-order chi connectivity index (χ0) is 10.7. The molecule has 1 aliphatic heterocycles. The Morgan fingerprint density at radius 2 is 2.13 bits per heavy atom. The van der Waals surface area contributed by atoms with E-state index in [1.165, 1.54) is 4.90 Å². The normalized spacial score (nSPS) is 19.4. The van der Waals surface area contributed by atoms with Gasteiger partial charge in [0.15, 0.2) is 0 Å². The molecule has 1 aromatic rings. The number of nitrogens with zero attached hydrogens (tertiary/aromatic N) is 1. The number of benzene rings is 1. The molecule has 3 nitrogen and oxygen atoms in total. The lowest BCUT2D eigenvalue weighted by atomic mass is 10.2. The number of carbonyl (C=O) groups is 1. The third-order valence-electron chi connectivity index (χ3n) is 2.18. The van der Waals surface area contributed by atoms with Crippen molar-refractivity contribution in [1.82, 2.24) is 4.90 Å². The van der Waals surface area contributed by atoms with Crippen molar-refractivity contribution in [3.8, 4) is 12.0 Å². The van der Waals surface area contributed by atoms with Gasteiger partial charge in [-0.15, -0.1) is 0 Å². The van der Waals surface area contributed by atoms with Gasteiger partial charge in [0, 0.05) is 11.6 Å².